The number of ketones is 1. The Hall–Kier alpha value is -1.49. The van der Waals surface area contributed by atoms with Crippen LogP contribution in [-0.4, -0.2) is 21.7 Å². The molecule has 0 fully saturated rings. The van der Waals surface area contributed by atoms with Crippen LogP contribution in [0.5, 0.6) is 0 Å². The predicted molar refractivity (Wildman–Crippen MR) is 72.0 cm³/mol. The summed E-state index contributed by atoms with van der Waals surface area (Å²) in [4.78, 5) is 15.1. The Balaban J connectivity index is 1.87. The zero-order chi connectivity index (χ0) is 13.1. The van der Waals surface area contributed by atoms with Crippen LogP contribution in [-0.2, 0) is 5.75 Å². The summed E-state index contributed by atoms with van der Waals surface area (Å²) in [6.07, 6.45) is 0. The molecule has 2 aromatic rings. The maximum Gasteiger partial charge on any atom is 0.174 e. The first-order valence-corrected chi connectivity index (χ1v) is 6.91. The lowest BCUT2D eigenvalue weighted by molar-refractivity contribution is 0.102. The number of aromatic amines is 1. The molecular weight excluding hydrogens is 248 g/mol. The molecule has 96 valence electrons. The summed E-state index contributed by atoms with van der Waals surface area (Å²) >= 11 is 1.55. The van der Waals surface area contributed by atoms with E-state index < -0.39 is 0 Å². The number of carbonyl (C=O) groups is 1. The molecule has 0 atom stereocenters. The highest BCUT2D eigenvalue weighted by atomic mass is 32.2. The van der Waals surface area contributed by atoms with Crippen molar-refractivity contribution >= 4 is 17.5 Å². The molecular formula is C13H16N2O2S. The molecule has 0 saturated heterocycles. The maximum absolute atomic E-state index is 12.0. The second kappa shape index (κ2) is 5.44. The Morgan fingerprint density at radius 3 is 2.72 bits per heavy atom. The van der Waals surface area contributed by atoms with Crippen molar-refractivity contribution in [1.82, 2.24) is 10.1 Å². The second-order valence-electron chi connectivity index (χ2n) is 4.34. The van der Waals surface area contributed by atoms with E-state index in [9.17, 15) is 4.79 Å². The Morgan fingerprint density at radius 2 is 2.17 bits per heavy atom. The minimum Gasteiger partial charge on any atom is -0.362 e. The summed E-state index contributed by atoms with van der Waals surface area (Å²) < 4.78 is 4.98. The number of aromatic nitrogens is 2. The number of hydrogen-bond donors (Lipinski definition) is 1. The fourth-order valence-electron chi connectivity index (χ4n) is 1.83. The average molecular weight is 264 g/mol. The molecule has 0 amide bonds. The van der Waals surface area contributed by atoms with E-state index in [2.05, 4.69) is 10.1 Å². The number of carbonyl (C=O) groups excluding carboxylic acids is 1. The SMILES string of the molecule is Cc1cc(C(=O)CSCc2cc(C)on2)c(C)[nH]1. The predicted octanol–water partition coefficient (Wildman–Crippen LogP) is 3.04. The Morgan fingerprint density at radius 1 is 1.39 bits per heavy atom. The van der Waals surface area contributed by atoms with Gasteiger partial charge >= 0.3 is 0 Å². The van der Waals surface area contributed by atoms with Crippen LogP contribution < -0.4 is 0 Å². The third-order valence-corrected chi connectivity index (χ3v) is 3.58. The molecule has 5 heteroatoms. The first-order chi connectivity index (χ1) is 8.56. The van der Waals surface area contributed by atoms with Gasteiger partial charge in [-0.25, -0.2) is 0 Å². The molecule has 18 heavy (non-hydrogen) atoms. The van der Waals surface area contributed by atoms with Crippen LogP contribution in [0.1, 0.15) is 33.2 Å². The average Bonchev–Trinajstić information content (AvgIpc) is 2.85. The van der Waals surface area contributed by atoms with Gasteiger partial charge in [0.25, 0.3) is 0 Å². The first-order valence-electron chi connectivity index (χ1n) is 5.75. The Kier molecular flexibility index (Phi) is 3.91. The molecule has 2 heterocycles. The fourth-order valence-corrected chi connectivity index (χ4v) is 2.61. The van der Waals surface area contributed by atoms with Crippen molar-refractivity contribution in [1.29, 1.82) is 0 Å². The molecule has 0 saturated carbocycles. The van der Waals surface area contributed by atoms with E-state index in [1.807, 2.05) is 32.9 Å². The van der Waals surface area contributed by atoms with Gasteiger partial charge in [0, 0.05) is 28.8 Å². The standard InChI is InChI=1S/C13H16N2O2S/c1-8-4-12(10(3)14-8)13(16)7-18-6-11-5-9(2)17-15-11/h4-5,14H,6-7H2,1-3H3. The number of H-pyrrole nitrogens is 1. The van der Waals surface area contributed by atoms with Gasteiger partial charge in [-0.2, -0.15) is 0 Å². The molecule has 0 aliphatic carbocycles. The third kappa shape index (κ3) is 3.04. The number of nitrogens with one attached hydrogen (secondary N) is 1. The van der Waals surface area contributed by atoms with Crippen LogP contribution in [0.25, 0.3) is 0 Å². The van der Waals surface area contributed by atoms with Gasteiger partial charge in [-0.1, -0.05) is 5.16 Å². The molecule has 1 N–H and O–H groups in total. The van der Waals surface area contributed by atoms with Gasteiger partial charge < -0.3 is 9.51 Å². The smallest absolute Gasteiger partial charge is 0.174 e. The quantitative estimate of drug-likeness (QED) is 0.843. The summed E-state index contributed by atoms with van der Waals surface area (Å²) in [6.45, 7) is 5.74. The summed E-state index contributed by atoms with van der Waals surface area (Å²) in [5.41, 5.74) is 3.63. The minimum absolute atomic E-state index is 0.155. The van der Waals surface area contributed by atoms with E-state index in [4.69, 9.17) is 4.52 Å². The molecule has 0 radical (unpaired) electrons. The molecule has 0 aliphatic heterocycles. The van der Waals surface area contributed by atoms with Crippen molar-refractivity contribution in [2.75, 3.05) is 5.75 Å². The number of aryl methyl sites for hydroxylation is 3. The largest absolute Gasteiger partial charge is 0.362 e. The molecule has 0 aliphatic rings. The lowest BCUT2D eigenvalue weighted by Gasteiger charge is -1.98. The molecule has 0 aromatic carbocycles. The Bertz CT molecular complexity index is 557. The monoisotopic (exact) mass is 264 g/mol. The van der Waals surface area contributed by atoms with Crippen molar-refractivity contribution in [2.24, 2.45) is 0 Å². The van der Waals surface area contributed by atoms with Crippen molar-refractivity contribution in [2.45, 2.75) is 26.5 Å². The van der Waals surface area contributed by atoms with Crippen LogP contribution in [0, 0.1) is 20.8 Å². The zero-order valence-corrected chi connectivity index (χ0v) is 11.6. The van der Waals surface area contributed by atoms with Crippen LogP contribution in [0.2, 0.25) is 0 Å². The summed E-state index contributed by atoms with van der Waals surface area (Å²) in [6, 6.07) is 3.79. The number of hydrogen-bond acceptors (Lipinski definition) is 4. The summed E-state index contributed by atoms with van der Waals surface area (Å²) in [5.74, 6) is 2.12. The van der Waals surface area contributed by atoms with E-state index in [1.54, 1.807) is 11.8 Å². The highest BCUT2D eigenvalue weighted by Gasteiger charge is 2.12. The molecule has 0 spiro atoms. The van der Waals surface area contributed by atoms with Crippen molar-refractivity contribution < 1.29 is 9.32 Å². The van der Waals surface area contributed by atoms with Gasteiger partial charge in [-0.3, -0.25) is 4.79 Å². The number of rotatable bonds is 5. The normalized spacial score (nSPS) is 10.8. The van der Waals surface area contributed by atoms with Gasteiger partial charge in [-0.15, -0.1) is 11.8 Å². The maximum atomic E-state index is 12.0. The molecule has 0 bridgehead atoms. The van der Waals surface area contributed by atoms with Crippen LogP contribution in [0.15, 0.2) is 16.7 Å². The zero-order valence-electron chi connectivity index (χ0n) is 10.7. The highest BCUT2D eigenvalue weighted by molar-refractivity contribution is 7.99. The Labute approximate surface area is 110 Å². The van der Waals surface area contributed by atoms with Crippen LogP contribution in [0.3, 0.4) is 0 Å². The van der Waals surface area contributed by atoms with Gasteiger partial charge in [-0.05, 0) is 26.8 Å². The van der Waals surface area contributed by atoms with Crippen molar-refractivity contribution in [3.63, 3.8) is 0 Å². The second-order valence-corrected chi connectivity index (χ2v) is 5.32. The fraction of sp³-hybridized carbons (Fsp3) is 0.385. The van der Waals surface area contributed by atoms with E-state index in [0.29, 0.717) is 11.5 Å². The van der Waals surface area contributed by atoms with E-state index >= 15 is 0 Å². The minimum atomic E-state index is 0.155. The number of Topliss-reactive ketones (excluding diaryl/α,β-unsaturated/α-hetero) is 1. The van der Waals surface area contributed by atoms with Gasteiger partial charge in [0.2, 0.25) is 0 Å². The molecule has 2 rings (SSSR count). The highest BCUT2D eigenvalue weighted by Crippen LogP contribution is 2.16. The number of nitrogens with zero attached hydrogens (tertiary/aromatic N) is 1. The van der Waals surface area contributed by atoms with E-state index in [1.165, 1.54) is 0 Å². The van der Waals surface area contributed by atoms with E-state index in [0.717, 1.165) is 28.4 Å². The van der Waals surface area contributed by atoms with E-state index in [-0.39, 0.29) is 5.78 Å². The summed E-state index contributed by atoms with van der Waals surface area (Å²) in [5, 5.41) is 3.89. The van der Waals surface area contributed by atoms with Gasteiger partial charge in [0.15, 0.2) is 5.78 Å². The van der Waals surface area contributed by atoms with Crippen LogP contribution >= 0.6 is 11.8 Å². The molecule has 0 unspecified atom stereocenters. The topological polar surface area (TPSA) is 58.9 Å². The van der Waals surface area contributed by atoms with Crippen LogP contribution in [0.4, 0.5) is 0 Å². The van der Waals surface area contributed by atoms with Gasteiger partial charge in [0.05, 0.1) is 11.4 Å². The number of thioether (sulfide) groups is 1. The van der Waals surface area contributed by atoms with Crippen molar-refractivity contribution in [3.05, 3.63) is 40.5 Å². The third-order valence-electron chi connectivity index (χ3n) is 2.61. The van der Waals surface area contributed by atoms with Gasteiger partial charge in [0.1, 0.15) is 5.76 Å². The summed E-state index contributed by atoms with van der Waals surface area (Å²) in [7, 11) is 0. The lowest BCUT2D eigenvalue weighted by Crippen LogP contribution is -2.03. The molecule has 2 aromatic heterocycles. The molecule has 4 nitrogen and oxygen atoms in total. The first kappa shape index (κ1) is 13.0. The van der Waals surface area contributed by atoms with Crippen molar-refractivity contribution in [3.8, 4) is 0 Å². The lowest BCUT2D eigenvalue weighted by atomic mass is 10.2.